The summed E-state index contributed by atoms with van der Waals surface area (Å²) in [6, 6.07) is 10.8. The lowest BCUT2D eigenvalue weighted by Gasteiger charge is -2.31. The number of nitrogens with one attached hydrogen (secondary N) is 2. The molecule has 0 spiro atoms. The first kappa shape index (κ1) is 31.1. The number of halogens is 1. The van der Waals surface area contributed by atoms with Crippen molar-refractivity contribution in [1.29, 1.82) is 0 Å². The normalized spacial score (nSPS) is 12.6. The standard InChI is InChI=1S/C31H45FN2O4/c1-8-26(38-27-17-14-21(30(4,5)9-2)19-23(27)31(6,7)10-3)29(37)33-22-15-16-24(25(35)20-22)34-28(36)13-11-12-18-32/h14-17,19-20,26,35H,8-13,18H2,1-7H3,(H,33,37)(H,34,36). The maximum absolute atomic E-state index is 13.2. The van der Waals surface area contributed by atoms with Crippen LogP contribution in [-0.2, 0) is 20.4 Å². The van der Waals surface area contributed by atoms with Gasteiger partial charge in [0, 0.05) is 23.7 Å². The number of rotatable bonds is 14. The summed E-state index contributed by atoms with van der Waals surface area (Å²) in [5, 5.41) is 15.8. The summed E-state index contributed by atoms with van der Waals surface area (Å²) in [5.74, 6) is -0.0999. The number of hydrogen-bond acceptors (Lipinski definition) is 4. The Balaban J connectivity index is 2.20. The number of benzene rings is 2. The largest absolute Gasteiger partial charge is 0.506 e. The average Bonchev–Trinajstić information content (AvgIpc) is 2.88. The van der Waals surface area contributed by atoms with E-state index in [4.69, 9.17) is 4.74 Å². The van der Waals surface area contributed by atoms with Crippen molar-refractivity contribution in [2.24, 2.45) is 0 Å². The van der Waals surface area contributed by atoms with Crippen molar-refractivity contribution in [3.63, 3.8) is 0 Å². The highest BCUT2D eigenvalue weighted by Gasteiger charge is 2.29. The van der Waals surface area contributed by atoms with E-state index < -0.39 is 12.8 Å². The van der Waals surface area contributed by atoms with Crippen LogP contribution < -0.4 is 15.4 Å². The lowest BCUT2D eigenvalue weighted by Crippen LogP contribution is -2.33. The molecule has 0 saturated heterocycles. The molecule has 2 amide bonds. The van der Waals surface area contributed by atoms with Gasteiger partial charge in [0.15, 0.2) is 6.10 Å². The Morgan fingerprint density at radius 1 is 0.947 bits per heavy atom. The van der Waals surface area contributed by atoms with E-state index in [1.807, 2.05) is 13.0 Å². The first-order valence-corrected chi connectivity index (χ1v) is 13.7. The predicted octanol–water partition coefficient (Wildman–Crippen LogP) is 7.64. The van der Waals surface area contributed by atoms with Crippen molar-refractivity contribution in [3.8, 4) is 11.5 Å². The fourth-order valence-electron chi connectivity index (χ4n) is 3.98. The molecule has 1 unspecified atom stereocenters. The summed E-state index contributed by atoms with van der Waals surface area (Å²) < 4.78 is 18.5. The number of phenols is 1. The van der Waals surface area contributed by atoms with E-state index in [0.717, 1.165) is 18.4 Å². The minimum Gasteiger partial charge on any atom is -0.506 e. The molecule has 7 heteroatoms. The zero-order valence-electron chi connectivity index (χ0n) is 24.0. The molecule has 0 aliphatic carbocycles. The number of hydrogen-bond donors (Lipinski definition) is 3. The Morgan fingerprint density at radius 2 is 1.63 bits per heavy atom. The molecule has 0 fully saturated rings. The highest BCUT2D eigenvalue weighted by atomic mass is 19.1. The molecule has 2 rings (SSSR count). The third-order valence-corrected chi connectivity index (χ3v) is 7.52. The van der Waals surface area contributed by atoms with Gasteiger partial charge in [0.1, 0.15) is 11.5 Å². The molecule has 0 aliphatic rings. The zero-order chi connectivity index (χ0) is 28.5. The second-order valence-electron chi connectivity index (χ2n) is 11.1. The van der Waals surface area contributed by atoms with Gasteiger partial charge in [-0.15, -0.1) is 0 Å². The maximum Gasteiger partial charge on any atom is 0.265 e. The number of anilines is 2. The van der Waals surface area contributed by atoms with Crippen molar-refractivity contribution in [1.82, 2.24) is 0 Å². The molecule has 38 heavy (non-hydrogen) atoms. The molecule has 2 aromatic rings. The maximum atomic E-state index is 13.2. The smallest absolute Gasteiger partial charge is 0.265 e. The van der Waals surface area contributed by atoms with Crippen LogP contribution in [0, 0.1) is 0 Å². The molecule has 0 heterocycles. The summed E-state index contributed by atoms with van der Waals surface area (Å²) in [6.45, 7) is 14.6. The van der Waals surface area contributed by atoms with Gasteiger partial charge in [-0.1, -0.05) is 60.6 Å². The molecular formula is C31H45FN2O4. The highest BCUT2D eigenvalue weighted by Crippen LogP contribution is 2.39. The van der Waals surface area contributed by atoms with Crippen molar-refractivity contribution in [2.45, 2.75) is 104 Å². The fraction of sp³-hybridized carbons (Fsp3) is 0.548. The predicted molar refractivity (Wildman–Crippen MR) is 153 cm³/mol. The lowest BCUT2D eigenvalue weighted by atomic mass is 9.76. The van der Waals surface area contributed by atoms with Crippen molar-refractivity contribution >= 4 is 23.2 Å². The van der Waals surface area contributed by atoms with Crippen molar-refractivity contribution in [2.75, 3.05) is 17.3 Å². The summed E-state index contributed by atoms with van der Waals surface area (Å²) in [4.78, 5) is 25.1. The molecule has 0 aromatic heterocycles. The Morgan fingerprint density at radius 3 is 2.21 bits per heavy atom. The van der Waals surface area contributed by atoms with Crippen LogP contribution in [0.4, 0.5) is 15.8 Å². The fourth-order valence-corrected chi connectivity index (χ4v) is 3.98. The van der Waals surface area contributed by atoms with Crippen LogP contribution in [-0.4, -0.2) is 29.7 Å². The minimum atomic E-state index is -0.733. The first-order valence-electron chi connectivity index (χ1n) is 13.7. The van der Waals surface area contributed by atoms with Gasteiger partial charge in [-0.25, -0.2) is 0 Å². The number of amides is 2. The van der Waals surface area contributed by atoms with Gasteiger partial charge < -0.3 is 20.5 Å². The van der Waals surface area contributed by atoms with Gasteiger partial charge in [0.25, 0.3) is 5.91 Å². The van der Waals surface area contributed by atoms with E-state index in [0.29, 0.717) is 30.7 Å². The van der Waals surface area contributed by atoms with Gasteiger partial charge >= 0.3 is 0 Å². The molecule has 0 aliphatic heterocycles. The summed E-state index contributed by atoms with van der Waals surface area (Å²) >= 11 is 0. The van der Waals surface area contributed by atoms with Crippen molar-refractivity contribution < 1.29 is 23.8 Å². The van der Waals surface area contributed by atoms with Crippen LogP contribution in [0.3, 0.4) is 0 Å². The van der Waals surface area contributed by atoms with Crippen LogP contribution >= 0.6 is 0 Å². The van der Waals surface area contributed by atoms with Crippen LogP contribution in [0.15, 0.2) is 36.4 Å². The topological polar surface area (TPSA) is 87.7 Å². The minimum absolute atomic E-state index is 0.0284. The number of alkyl halides is 1. The Labute approximate surface area is 227 Å². The number of aromatic hydroxyl groups is 1. The average molecular weight is 529 g/mol. The van der Waals surface area contributed by atoms with E-state index in [1.165, 1.54) is 17.7 Å². The molecule has 1 atom stereocenters. The van der Waals surface area contributed by atoms with Gasteiger partial charge in [-0.05, 0) is 66.7 Å². The molecule has 2 aromatic carbocycles. The van der Waals surface area contributed by atoms with Crippen LogP contribution in [0.5, 0.6) is 11.5 Å². The highest BCUT2D eigenvalue weighted by molar-refractivity contribution is 5.96. The van der Waals surface area contributed by atoms with Crippen LogP contribution in [0.25, 0.3) is 0 Å². The quantitative estimate of drug-likeness (QED) is 0.174. The zero-order valence-corrected chi connectivity index (χ0v) is 24.0. The van der Waals surface area contributed by atoms with E-state index in [-0.39, 0.29) is 40.5 Å². The third kappa shape index (κ3) is 8.20. The van der Waals surface area contributed by atoms with Gasteiger partial charge in [0.05, 0.1) is 12.4 Å². The molecule has 0 radical (unpaired) electrons. The Hall–Kier alpha value is -3.09. The SMILES string of the molecule is CCC(Oc1ccc(C(C)(C)CC)cc1C(C)(C)CC)C(=O)Nc1ccc(NC(=O)CCCCF)c(O)c1. The van der Waals surface area contributed by atoms with E-state index in [1.54, 1.807) is 6.07 Å². The van der Waals surface area contributed by atoms with E-state index in [2.05, 4.69) is 64.3 Å². The monoisotopic (exact) mass is 528 g/mol. The van der Waals surface area contributed by atoms with Gasteiger partial charge in [-0.3, -0.25) is 14.0 Å². The molecule has 6 nitrogen and oxygen atoms in total. The number of unbranched alkanes of at least 4 members (excludes halogenated alkanes) is 1. The number of phenolic OH excluding ortho intramolecular Hbond substituents is 1. The summed E-state index contributed by atoms with van der Waals surface area (Å²) in [6.07, 6.45) is 2.58. The Kier molecular flexibility index (Phi) is 11.2. The summed E-state index contributed by atoms with van der Waals surface area (Å²) in [7, 11) is 0. The van der Waals surface area contributed by atoms with Crippen LogP contribution in [0.1, 0.15) is 98.1 Å². The second-order valence-corrected chi connectivity index (χ2v) is 11.1. The second kappa shape index (κ2) is 13.6. The molecule has 3 N–H and O–H groups in total. The van der Waals surface area contributed by atoms with Gasteiger partial charge in [-0.2, -0.15) is 0 Å². The molecule has 0 saturated carbocycles. The molecular weight excluding hydrogens is 483 g/mol. The van der Waals surface area contributed by atoms with Crippen LogP contribution in [0.2, 0.25) is 0 Å². The Bertz CT molecular complexity index is 1100. The molecule has 210 valence electrons. The van der Waals surface area contributed by atoms with E-state index >= 15 is 0 Å². The lowest BCUT2D eigenvalue weighted by molar-refractivity contribution is -0.123. The first-order chi connectivity index (χ1) is 17.9. The number of carbonyl (C=O) groups excluding carboxylic acids is 2. The van der Waals surface area contributed by atoms with Crippen molar-refractivity contribution in [3.05, 3.63) is 47.5 Å². The molecule has 0 bridgehead atoms. The number of ether oxygens (including phenoxy) is 1. The third-order valence-electron chi connectivity index (χ3n) is 7.52. The van der Waals surface area contributed by atoms with E-state index in [9.17, 15) is 19.1 Å². The van der Waals surface area contributed by atoms with Gasteiger partial charge in [0.2, 0.25) is 5.91 Å². The summed E-state index contributed by atoms with van der Waals surface area (Å²) in [5.41, 5.74) is 2.83. The number of carbonyl (C=O) groups is 2.